The lowest BCUT2D eigenvalue weighted by atomic mass is 10.3. The summed E-state index contributed by atoms with van der Waals surface area (Å²) in [6.45, 7) is 1.53. The van der Waals surface area contributed by atoms with E-state index in [-0.39, 0.29) is 17.5 Å². The van der Waals surface area contributed by atoms with Crippen LogP contribution in [-0.4, -0.2) is 29.9 Å². The molecule has 0 saturated carbocycles. The number of rotatable bonds is 5. The normalized spacial score (nSPS) is 11.5. The molecule has 0 fully saturated rings. The second-order valence-electron chi connectivity index (χ2n) is 3.68. The molecule has 0 aromatic heterocycles. The maximum absolute atomic E-state index is 12.7. The van der Waals surface area contributed by atoms with E-state index in [1.165, 1.54) is 43.0 Å². The smallest absolute Gasteiger partial charge is 0.279 e. The fraction of sp³-hybridized carbons (Fsp3) is 0.333. The molecular formula is C12H15FN2O3S. The summed E-state index contributed by atoms with van der Waals surface area (Å²) in [6.07, 6.45) is 0.974. The first-order valence-electron chi connectivity index (χ1n) is 5.52. The highest BCUT2D eigenvalue weighted by Gasteiger charge is 2.15. The van der Waals surface area contributed by atoms with Gasteiger partial charge in [0.15, 0.2) is 6.10 Å². The van der Waals surface area contributed by atoms with E-state index in [4.69, 9.17) is 4.74 Å². The fourth-order valence-corrected chi connectivity index (χ4v) is 1.51. The van der Waals surface area contributed by atoms with Crippen molar-refractivity contribution in [3.8, 4) is 5.75 Å². The van der Waals surface area contributed by atoms with E-state index < -0.39 is 12.0 Å². The Bertz CT molecular complexity index is 439. The number of carbonyl (C=O) groups is 2. The minimum atomic E-state index is -0.806. The van der Waals surface area contributed by atoms with Crippen molar-refractivity contribution in [2.45, 2.75) is 13.0 Å². The summed E-state index contributed by atoms with van der Waals surface area (Å²) >= 11 is 1.34. The molecule has 0 saturated heterocycles. The molecule has 0 spiro atoms. The molecule has 1 atom stereocenters. The number of carbonyl (C=O) groups excluding carboxylic acids is 2. The molecule has 2 amide bonds. The Kier molecular flexibility index (Phi) is 6.14. The van der Waals surface area contributed by atoms with Gasteiger partial charge in [0.1, 0.15) is 11.6 Å². The van der Waals surface area contributed by atoms with Crippen molar-refractivity contribution in [1.29, 1.82) is 0 Å². The van der Waals surface area contributed by atoms with Gasteiger partial charge < -0.3 is 4.74 Å². The molecule has 0 heterocycles. The molecule has 0 aliphatic carbocycles. The van der Waals surface area contributed by atoms with E-state index in [9.17, 15) is 14.0 Å². The van der Waals surface area contributed by atoms with Gasteiger partial charge in [-0.25, -0.2) is 4.39 Å². The monoisotopic (exact) mass is 286 g/mol. The van der Waals surface area contributed by atoms with Crippen molar-refractivity contribution in [3.63, 3.8) is 0 Å². The van der Waals surface area contributed by atoms with Crippen LogP contribution < -0.4 is 15.6 Å². The van der Waals surface area contributed by atoms with Crippen LogP contribution in [-0.2, 0) is 9.59 Å². The Morgan fingerprint density at radius 2 is 1.95 bits per heavy atom. The van der Waals surface area contributed by atoms with Gasteiger partial charge in [0.05, 0.1) is 5.75 Å². The maximum Gasteiger partial charge on any atom is 0.279 e. The van der Waals surface area contributed by atoms with Crippen LogP contribution in [0.1, 0.15) is 6.92 Å². The molecule has 19 heavy (non-hydrogen) atoms. The summed E-state index contributed by atoms with van der Waals surface area (Å²) in [5.74, 6) is -0.533. The summed E-state index contributed by atoms with van der Waals surface area (Å²) in [4.78, 5) is 22.7. The lowest BCUT2D eigenvalue weighted by Gasteiger charge is -2.14. The first-order valence-corrected chi connectivity index (χ1v) is 6.92. The molecule has 0 radical (unpaired) electrons. The largest absolute Gasteiger partial charge is 0.481 e. The maximum atomic E-state index is 12.7. The van der Waals surface area contributed by atoms with Crippen LogP contribution in [0.3, 0.4) is 0 Å². The van der Waals surface area contributed by atoms with E-state index in [2.05, 4.69) is 10.9 Å². The quantitative estimate of drug-likeness (QED) is 0.796. The standard InChI is InChI=1S/C12H15FN2O3S/c1-8(12(17)15-14-11(16)7-19-2)18-10-5-3-9(13)4-6-10/h3-6,8H,7H2,1-2H3,(H,14,16)(H,15,17)/t8-/m1/s1. The Balaban J connectivity index is 2.40. The molecule has 7 heteroatoms. The molecule has 104 valence electrons. The predicted molar refractivity (Wildman–Crippen MR) is 71.2 cm³/mol. The number of hydrazine groups is 1. The number of nitrogens with one attached hydrogen (secondary N) is 2. The average molecular weight is 286 g/mol. The van der Waals surface area contributed by atoms with Gasteiger partial charge in [-0.3, -0.25) is 20.4 Å². The average Bonchev–Trinajstić information content (AvgIpc) is 2.39. The Morgan fingerprint density at radius 1 is 1.32 bits per heavy atom. The molecule has 1 rings (SSSR count). The Morgan fingerprint density at radius 3 is 2.53 bits per heavy atom. The lowest BCUT2D eigenvalue weighted by molar-refractivity contribution is -0.131. The van der Waals surface area contributed by atoms with Crippen molar-refractivity contribution < 1.29 is 18.7 Å². The highest BCUT2D eigenvalue weighted by atomic mass is 32.2. The number of halogens is 1. The van der Waals surface area contributed by atoms with Gasteiger partial charge in [0.2, 0.25) is 5.91 Å². The zero-order valence-corrected chi connectivity index (χ0v) is 11.4. The van der Waals surface area contributed by atoms with E-state index in [0.29, 0.717) is 5.75 Å². The van der Waals surface area contributed by atoms with Crippen molar-refractivity contribution in [2.75, 3.05) is 12.0 Å². The second kappa shape index (κ2) is 7.63. The number of ether oxygens (including phenoxy) is 1. The molecule has 2 N–H and O–H groups in total. The second-order valence-corrected chi connectivity index (χ2v) is 4.55. The molecule has 1 aromatic rings. The first-order chi connectivity index (χ1) is 9.02. The van der Waals surface area contributed by atoms with Gasteiger partial charge >= 0.3 is 0 Å². The number of hydrogen-bond acceptors (Lipinski definition) is 4. The van der Waals surface area contributed by atoms with Gasteiger partial charge in [-0.1, -0.05) is 0 Å². The van der Waals surface area contributed by atoms with Gasteiger partial charge in [0.25, 0.3) is 5.91 Å². The lowest BCUT2D eigenvalue weighted by Crippen LogP contribution is -2.47. The number of hydrogen-bond donors (Lipinski definition) is 2. The first kappa shape index (κ1) is 15.3. The van der Waals surface area contributed by atoms with Crippen LogP contribution in [0.2, 0.25) is 0 Å². The van der Waals surface area contributed by atoms with E-state index in [1.54, 1.807) is 6.26 Å². The third-order valence-corrected chi connectivity index (χ3v) is 2.65. The zero-order valence-electron chi connectivity index (χ0n) is 10.6. The van der Waals surface area contributed by atoms with Crippen LogP contribution >= 0.6 is 11.8 Å². The third kappa shape index (κ3) is 5.60. The van der Waals surface area contributed by atoms with Gasteiger partial charge in [-0.15, -0.1) is 0 Å². The molecule has 0 unspecified atom stereocenters. The van der Waals surface area contributed by atoms with Gasteiger partial charge in [-0.2, -0.15) is 11.8 Å². The SMILES string of the molecule is CSCC(=O)NNC(=O)[C@@H](C)Oc1ccc(F)cc1. The molecule has 1 aromatic carbocycles. The van der Waals surface area contributed by atoms with E-state index in [0.717, 1.165) is 0 Å². The van der Waals surface area contributed by atoms with Crippen LogP contribution in [0.5, 0.6) is 5.75 Å². The van der Waals surface area contributed by atoms with Crippen LogP contribution in [0.15, 0.2) is 24.3 Å². The molecular weight excluding hydrogens is 271 g/mol. The minimum absolute atomic E-state index is 0.257. The van der Waals surface area contributed by atoms with Crippen molar-refractivity contribution in [1.82, 2.24) is 10.9 Å². The van der Waals surface area contributed by atoms with Crippen molar-refractivity contribution >= 4 is 23.6 Å². The molecule has 5 nitrogen and oxygen atoms in total. The number of thioether (sulfide) groups is 1. The summed E-state index contributed by atoms with van der Waals surface area (Å²) in [6, 6.07) is 5.32. The number of amides is 2. The highest BCUT2D eigenvalue weighted by Crippen LogP contribution is 2.12. The zero-order chi connectivity index (χ0) is 14.3. The van der Waals surface area contributed by atoms with Crippen LogP contribution in [0.4, 0.5) is 4.39 Å². The molecule has 0 aliphatic heterocycles. The van der Waals surface area contributed by atoms with Gasteiger partial charge in [-0.05, 0) is 37.4 Å². The summed E-state index contributed by atoms with van der Waals surface area (Å²) in [5, 5.41) is 0. The summed E-state index contributed by atoms with van der Waals surface area (Å²) in [5.41, 5.74) is 4.51. The van der Waals surface area contributed by atoms with Crippen molar-refractivity contribution in [3.05, 3.63) is 30.1 Å². The Hall–Kier alpha value is -1.76. The summed E-state index contributed by atoms with van der Waals surface area (Å²) in [7, 11) is 0. The molecule has 0 bridgehead atoms. The van der Waals surface area contributed by atoms with Crippen molar-refractivity contribution in [2.24, 2.45) is 0 Å². The highest BCUT2D eigenvalue weighted by molar-refractivity contribution is 7.99. The Labute approximate surface area is 114 Å². The molecule has 0 aliphatic rings. The number of benzene rings is 1. The minimum Gasteiger partial charge on any atom is -0.481 e. The summed E-state index contributed by atoms with van der Waals surface area (Å²) < 4.78 is 18.0. The third-order valence-electron chi connectivity index (χ3n) is 2.10. The van der Waals surface area contributed by atoms with Crippen LogP contribution in [0.25, 0.3) is 0 Å². The van der Waals surface area contributed by atoms with E-state index in [1.807, 2.05) is 0 Å². The van der Waals surface area contributed by atoms with Crippen LogP contribution in [0, 0.1) is 5.82 Å². The van der Waals surface area contributed by atoms with E-state index >= 15 is 0 Å². The predicted octanol–water partition coefficient (Wildman–Crippen LogP) is 1.10. The fourth-order valence-electron chi connectivity index (χ4n) is 1.17. The van der Waals surface area contributed by atoms with Gasteiger partial charge in [0, 0.05) is 0 Å². The topological polar surface area (TPSA) is 67.4 Å².